The highest BCUT2D eigenvalue weighted by Gasteiger charge is 2.57. The van der Waals surface area contributed by atoms with Gasteiger partial charge in [-0.1, -0.05) is 0 Å². The van der Waals surface area contributed by atoms with Crippen molar-refractivity contribution in [3.63, 3.8) is 0 Å². The molecule has 0 aliphatic carbocycles. The van der Waals surface area contributed by atoms with Crippen LogP contribution in [0.2, 0.25) is 0 Å². The van der Waals surface area contributed by atoms with Gasteiger partial charge in [0.2, 0.25) is 0 Å². The van der Waals surface area contributed by atoms with Crippen LogP contribution in [0.4, 0.5) is 4.39 Å². The summed E-state index contributed by atoms with van der Waals surface area (Å²) >= 11 is 1.43. The second kappa shape index (κ2) is 10.6. The minimum absolute atomic E-state index is 0.0355. The predicted molar refractivity (Wildman–Crippen MR) is 135 cm³/mol. The summed E-state index contributed by atoms with van der Waals surface area (Å²) in [6.45, 7) is 3.46. The first-order valence-electron chi connectivity index (χ1n) is 12.3. The second-order valence-corrected chi connectivity index (χ2v) is 10.3. The third-order valence-corrected chi connectivity index (χ3v) is 7.77. The molecule has 3 aliphatic rings. The lowest BCUT2D eigenvalue weighted by Gasteiger charge is -2.38. The number of esters is 1. The summed E-state index contributed by atoms with van der Waals surface area (Å²) in [4.78, 5) is 53.1. The monoisotopic (exact) mass is 542 g/mol. The molecule has 1 amide bonds. The second-order valence-electron chi connectivity index (χ2n) is 9.38. The van der Waals surface area contributed by atoms with Crippen LogP contribution in [-0.4, -0.2) is 93.6 Å². The van der Waals surface area contributed by atoms with Gasteiger partial charge in [0, 0.05) is 62.0 Å². The molecule has 3 aliphatic heterocycles. The SMILES string of the molecule is CCOC(=O)C1=C(CN2CCC3(F)C(=O)N(Cc4ccc(C(=O)O)cn4)CC3C2)NC(c2nccs2)=NC1. The number of aromatic carboxylic acids is 1. The van der Waals surface area contributed by atoms with Crippen molar-refractivity contribution < 1.29 is 28.6 Å². The van der Waals surface area contributed by atoms with E-state index in [0.717, 1.165) is 0 Å². The number of carboxylic acids is 1. The molecule has 38 heavy (non-hydrogen) atoms. The van der Waals surface area contributed by atoms with Crippen molar-refractivity contribution in [3.05, 3.63) is 57.4 Å². The Labute approximate surface area is 222 Å². The van der Waals surface area contributed by atoms with Gasteiger partial charge in [0.25, 0.3) is 5.91 Å². The van der Waals surface area contributed by atoms with Crippen LogP contribution < -0.4 is 5.32 Å². The fourth-order valence-electron chi connectivity index (χ4n) is 5.03. The number of piperidine rings is 1. The zero-order valence-electron chi connectivity index (χ0n) is 20.7. The number of alkyl halides is 1. The molecule has 0 saturated carbocycles. The van der Waals surface area contributed by atoms with Crippen LogP contribution in [-0.2, 0) is 20.9 Å². The number of nitrogens with one attached hydrogen (secondary N) is 1. The summed E-state index contributed by atoms with van der Waals surface area (Å²) in [5.41, 5.74) is -0.373. The van der Waals surface area contributed by atoms with Crippen molar-refractivity contribution in [2.45, 2.75) is 25.6 Å². The summed E-state index contributed by atoms with van der Waals surface area (Å²) in [7, 11) is 0. The molecular formula is C25H27FN6O5S. The van der Waals surface area contributed by atoms with Crippen LogP contribution in [0.3, 0.4) is 0 Å². The van der Waals surface area contributed by atoms with Crippen LogP contribution >= 0.6 is 11.3 Å². The lowest BCUT2D eigenvalue weighted by atomic mass is 9.85. The number of aromatic nitrogens is 2. The van der Waals surface area contributed by atoms with Gasteiger partial charge in [-0.05, 0) is 19.1 Å². The number of carboxylic acid groups (broad SMARTS) is 1. The Balaban J connectivity index is 1.28. The molecule has 0 aromatic carbocycles. The molecule has 0 radical (unpaired) electrons. The Morgan fingerprint density at radius 3 is 2.82 bits per heavy atom. The van der Waals surface area contributed by atoms with E-state index in [2.05, 4.69) is 20.3 Å². The standard InChI is InChI=1S/C25H27FN6O5S/c1-2-37-23(35)18-10-29-20(21-27-6-8-38-21)30-19(18)14-31-7-5-25(26)16(11-31)12-32(24(25)36)13-17-4-3-15(9-28-17)22(33)34/h3-4,6,8-9,16H,2,5,7,10-14H2,1H3,(H,29,30)(H,33,34). The van der Waals surface area contributed by atoms with Crippen molar-refractivity contribution >= 4 is 35.0 Å². The molecule has 13 heteroatoms. The number of ether oxygens (including phenoxy) is 1. The summed E-state index contributed by atoms with van der Waals surface area (Å²) in [5, 5.41) is 14.8. The van der Waals surface area contributed by atoms with Crippen molar-refractivity contribution in [1.82, 2.24) is 25.1 Å². The molecule has 200 valence electrons. The molecule has 2 N–H and O–H groups in total. The number of amides is 1. The van der Waals surface area contributed by atoms with E-state index in [0.29, 0.717) is 47.4 Å². The number of halogens is 1. The maximum absolute atomic E-state index is 15.9. The van der Waals surface area contributed by atoms with Gasteiger partial charge in [-0.2, -0.15) is 0 Å². The highest BCUT2D eigenvalue weighted by molar-refractivity contribution is 7.11. The van der Waals surface area contributed by atoms with Crippen molar-refractivity contribution in [2.75, 3.05) is 39.3 Å². The molecule has 5 heterocycles. The van der Waals surface area contributed by atoms with Gasteiger partial charge in [0.1, 0.15) is 0 Å². The maximum Gasteiger partial charge on any atom is 0.337 e. The fraction of sp³-hybridized carbons (Fsp3) is 0.440. The number of pyridine rings is 1. The summed E-state index contributed by atoms with van der Waals surface area (Å²) in [6, 6.07) is 2.95. The van der Waals surface area contributed by atoms with Crippen molar-refractivity contribution in [2.24, 2.45) is 10.9 Å². The van der Waals surface area contributed by atoms with Crippen LogP contribution in [0.1, 0.15) is 34.4 Å². The van der Waals surface area contributed by atoms with E-state index in [-0.39, 0.29) is 38.2 Å². The van der Waals surface area contributed by atoms with Crippen LogP contribution in [0, 0.1) is 5.92 Å². The number of rotatable bonds is 8. The highest BCUT2D eigenvalue weighted by atomic mass is 32.1. The van der Waals surface area contributed by atoms with Gasteiger partial charge >= 0.3 is 11.9 Å². The van der Waals surface area contributed by atoms with Crippen molar-refractivity contribution in [3.8, 4) is 0 Å². The number of hydrogen-bond donors (Lipinski definition) is 2. The van der Waals surface area contributed by atoms with E-state index in [1.54, 1.807) is 13.1 Å². The predicted octanol–water partition coefficient (Wildman–Crippen LogP) is 1.48. The summed E-state index contributed by atoms with van der Waals surface area (Å²) in [6.07, 6.45) is 2.94. The average molecular weight is 543 g/mol. The third kappa shape index (κ3) is 5.03. The molecule has 0 bridgehead atoms. The lowest BCUT2D eigenvalue weighted by molar-refractivity contribution is -0.141. The minimum atomic E-state index is -1.97. The van der Waals surface area contributed by atoms with E-state index >= 15 is 4.39 Å². The van der Waals surface area contributed by atoms with Gasteiger partial charge in [-0.25, -0.2) is 19.0 Å². The van der Waals surface area contributed by atoms with E-state index in [1.807, 2.05) is 10.3 Å². The topological polar surface area (TPSA) is 137 Å². The van der Waals surface area contributed by atoms with Crippen LogP contribution in [0.25, 0.3) is 0 Å². The molecule has 5 rings (SSSR count). The number of likely N-dealkylation sites (tertiary alicyclic amines) is 2. The van der Waals surface area contributed by atoms with E-state index < -0.39 is 29.4 Å². The number of carbonyl (C=O) groups is 3. The Hall–Kier alpha value is -3.71. The Morgan fingerprint density at radius 2 is 2.13 bits per heavy atom. The number of hydrogen-bond acceptors (Lipinski definition) is 10. The largest absolute Gasteiger partial charge is 0.478 e. The number of carbonyl (C=O) groups excluding carboxylic acids is 2. The smallest absolute Gasteiger partial charge is 0.337 e. The summed E-state index contributed by atoms with van der Waals surface area (Å²) in [5.74, 6) is -2.08. The zero-order valence-corrected chi connectivity index (χ0v) is 21.5. The van der Waals surface area contributed by atoms with Gasteiger partial charge in [-0.15, -0.1) is 11.3 Å². The van der Waals surface area contributed by atoms with Gasteiger partial charge < -0.3 is 20.1 Å². The highest BCUT2D eigenvalue weighted by Crippen LogP contribution is 2.40. The van der Waals surface area contributed by atoms with Crippen LogP contribution in [0.5, 0.6) is 0 Å². The molecule has 2 unspecified atom stereocenters. The molecule has 2 saturated heterocycles. The van der Waals surface area contributed by atoms with E-state index in [1.165, 1.54) is 34.6 Å². The molecule has 2 aromatic rings. The minimum Gasteiger partial charge on any atom is -0.478 e. The fourth-order valence-corrected chi connectivity index (χ4v) is 5.63. The lowest BCUT2D eigenvalue weighted by Crippen LogP contribution is -2.52. The quantitative estimate of drug-likeness (QED) is 0.475. The van der Waals surface area contributed by atoms with E-state index in [9.17, 15) is 14.4 Å². The van der Waals surface area contributed by atoms with Gasteiger partial charge in [0.15, 0.2) is 16.5 Å². The molecular weight excluding hydrogens is 515 g/mol. The van der Waals surface area contributed by atoms with E-state index in [4.69, 9.17) is 9.84 Å². The summed E-state index contributed by atoms with van der Waals surface area (Å²) < 4.78 is 21.2. The number of aliphatic imine (C=N–C) groups is 1. The molecule has 2 aromatic heterocycles. The Kier molecular flexibility index (Phi) is 7.21. The van der Waals surface area contributed by atoms with Gasteiger partial charge in [0.05, 0.1) is 36.5 Å². The first-order chi connectivity index (χ1) is 18.3. The number of thiazole rings is 1. The normalized spacial score (nSPS) is 23.6. The average Bonchev–Trinajstić information content (AvgIpc) is 3.52. The zero-order chi connectivity index (χ0) is 26.9. The number of amidine groups is 1. The number of nitrogens with zero attached hydrogens (tertiary/aromatic N) is 5. The number of fused-ring (bicyclic) bond motifs is 1. The third-order valence-electron chi connectivity index (χ3n) is 6.99. The maximum atomic E-state index is 15.9. The van der Waals surface area contributed by atoms with Crippen LogP contribution in [0.15, 0.2) is 46.2 Å². The van der Waals surface area contributed by atoms with Gasteiger partial charge in [-0.3, -0.25) is 19.7 Å². The van der Waals surface area contributed by atoms with Crippen molar-refractivity contribution in [1.29, 1.82) is 0 Å². The first-order valence-corrected chi connectivity index (χ1v) is 13.2. The first kappa shape index (κ1) is 25.9. The molecule has 2 fully saturated rings. The Morgan fingerprint density at radius 1 is 1.29 bits per heavy atom. The Bertz CT molecular complexity index is 1300. The molecule has 0 spiro atoms. The molecule has 11 nitrogen and oxygen atoms in total. The molecule has 2 atom stereocenters.